The van der Waals surface area contributed by atoms with Crippen LogP contribution in [0.3, 0.4) is 0 Å². The van der Waals surface area contributed by atoms with Gasteiger partial charge in [-0.1, -0.05) is 24.3 Å². The molecule has 1 N–H and O–H groups in total. The van der Waals surface area contributed by atoms with Gasteiger partial charge in [0, 0.05) is 11.6 Å². The van der Waals surface area contributed by atoms with Crippen molar-refractivity contribution in [2.24, 2.45) is 0 Å². The number of hydrogen-bond donors (Lipinski definition) is 1. The van der Waals surface area contributed by atoms with E-state index in [1.807, 2.05) is 0 Å². The van der Waals surface area contributed by atoms with Gasteiger partial charge in [0.25, 0.3) is 0 Å². The van der Waals surface area contributed by atoms with Gasteiger partial charge in [-0.2, -0.15) is 0 Å². The first-order chi connectivity index (χ1) is 10.1. The molecule has 0 aliphatic carbocycles. The molecule has 0 aliphatic heterocycles. The summed E-state index contributed by atoms with van der Waals surface area (Å²) in [4.78, 5) is 10.6. The van der Waals surface area contributed by atoms with E-state index in [4.69, 9.17) is 9.84 Å². The van der Waals surface area contributed by atoms with Gasteiger partial charge in [0.2, 0.25) is 0 Å². The largest absolute Gasteiger partial charge is 0.487 e. The molecule has 0 fully saturated rings. The third-order valence-corrected chi connectivity index (χ3v) is 3.30. The van der Waals surface area contributed by atoms with E-state index < -0.39 is 5.97 Å². The highest BCUT2D eigenvalue weighted by molar-refractivity contribution is 9.10. The van der Waals surface area contributed by atoms with Crippen LogP contribution in [0.15, 0.2) is 53.0 Å². The number of hydrogen-bond acceptors (Lipinski definition) is 2. The van der Waals surface area contributed by atoms with Crippen LogP contribution < -0.4 is 4.74 Å². The second kappa shape index (κ2) is 7.04. The fourth-order valence-corrected chi connectivity index (χ4v) is 2.25. The average Bonchev–Trinajstić information content (AvgIpc) is 2.44. The first-order valence-corrected chi connectivity index (χ1v) is 6.92. The number of carboxylic acids is 1. The van der Waals surface area contributed by atoms with Gasteiger partial charge in [-0.25, -0.2) is 9.18 Å². The van der Waals surface area contributed by atoms with Crippen molar-refractivity contribution in [2.75, 3.05) is 0 Å². The van der Waals surface area contributed by atoms with Crippen LogP contribution in [-0.4, -0.2) is 11.1 Å². The fourth-order valence-electron chi connectivity index (χ4n) is 1.75. The summed E-state index contributed by atoms with van der Waals surface area (Å²) in [6, 6.07) is 11.4. The van der Waals surface area contributed by atoms with Crippen LogP contribution in [0.5, 0.6) is 5.75 Å². The van der Waals surface area contributed by atoms with E-state index in [-0.39, 0.29) is 12.4 Å². The molecule has 0 aromatic heterocycles. The minimum atomic E-state index is -1.04. The summed E-state index contributed by atoms with van der Waals surface area (Å²) in [5, 5.41) is 8.69. The van der Waals surface area contributed by atoms with Crippen molar-refractivity contribution in [3.63, 3.8) is 0 Å². The lowest BCUT2D eigenvalue weighted by molar-refractivity contribution is -0.131. The maximum Gasteiger partial charge on any atom is 0.328 e. The molecule has 3 nitrogen and oxygen atoms in total. The van der Waals surface area contributed by atoms with E-state index in [1.54, 1.807) is 30.3 Å². The van der Waals surface area contributed by atoms with E-state index >= 15 is 0 Å². The molecule has 2 aromatic carbocycles. The van der Waals surface area contributed by atoms with Crippen LogP contribution in [0.25, 0.3) is 6.08 Å². The number of benzene rings is 2. The zero-order chi connectivity index (χ0) is 15.2. The van der Waals surface area contributed by atoms with Crippen molar-refractivity contribution in [3.8, 4) is 5.75 Å². The van der Waals surface area contributed by atoms with E-state index in [0.717, 1.165) is 6.08 Å². The molecule has 0 atom stereocenters. The Balaban J connectivity index is 2.20. The summed E-state index contributed by atoms with van der Waals surface area (Å²) in [5.74, 6) is -0.848. The highest BCUT2D eigenvalue weighted by atomic mass is 79.9. The Kier molecular flexibility index (Phi) is 5.11. The number of carboxylic acid groups (broad SMARTS) is 1. The molecular formula is C16H12BrFO3. The van der Waals surface area contributed by atoms with Crippen LogP contribution in [0.1, 0.15) is 11.1 Å². The summed E-state index contributed by atoms with van der Waals surface area (Å²) < 4.78 is 19.5. The van der Waals surface area contributed by atoms with Gasteiger partial charge < -0.3 is 9.84 Å². The molecule has 0 heterocycles. The standard InChI is InChI=1S/C16H12BrFO3/c17-14-6-2-4-12(7-8-15(19)20)16(14)21-10-11-3-1-5-13(18)9-11/h1-9H,10H2,(H,19,20). The fraction of sp³-hybridized carbons (Fsp3) is 0.0625. The molecule has 0 saturated heterocycles. The Bertz CT molecular complexity index is 683. The molecule has 0 saturated carbocycles. The lowest BCUT2D eigenvalue weighted by atomic mass is 10.2. The Morgan fingerprint density at radius 1 is 1.29 bits per heavy atom. The second-order valence-electron chi connectivity index (χ2n) is 4.25. The van der Waals surface area contributed by atoms with Crippen molar-refractivity contribution >= 4 is 28.0 Å². The van der Waals surface area contributed by atoms with E-state index in [0.29, 0.717) is 21.3 Å². The second-order valence-corrected chi connectivity index (χ2v) is 5.10. The van der Waals surface area contributed by atoms with Gasteiger partial charge in [-0.05, 0) is 45.8 Å². The monoisotopic (exact) mass is 350 g/mol. The summed E-state index contributed by atoms with van der Waals surface area (Å²) >= 11 is 3.36. The van der Waals surface area contributed by atoms with Gasteiger partial charge in [0.05, 0.1) is 4.47 Å². The number of ether oxygens (including phenoxy) is 1. The molecule has 2 rings (SSSR count). The average molecular weight is 351 g/mol. The van der Waals surface area contributed by atoms with Crippen molar-refractivity contribution in [3.05, 3.63) is 70.0 Å². The summed E-state index contributed by atoms with van der Waals surface area (Å²) in [6.45, 7) is 0.189. The molecular weight excluding hydrogens is 339 g/mol. The van der Waals surface area contributed by atoms with Crippen molar-refractivity contribution in [2.45, 2.75) is 6.61 Å². The third-order valence-electron chi connectivity index (χ3n) is 2.68. The minimum Gasteiger partial charge on any atom is -0.487 e. The normalized spacial score (nSPS) is 10.8. The van der Waals surface area contributed by atoms with Crippen LogP contribution in [-0.2, 0) is 11.4 Å². The van der Waals surface area contributed by atoms with Crippen molar-refractivity contribution < 1.29 is 19.0 Å². The molecule has 2 aromatic rings. The van der Waals surface area contributed by atoms with Crippen LogP contribution in [0, 0.1) is 5.82 Å². The Labute approximate surface area is 129 Å². The summed E-state index contributed by atoms with van der Waals surface area (Å²) in [7, 11) is 0. The highest BCUT2D eigenvalue weighted by Gasteiger charge is 2.07. The third kappa shape index (κ3) is 4.43. The topological polar surface area (TPSA) is 46.5 Å². The predicted molar refractivity (Wildman–Crippen MR) is 81.5 cm³/mol. The molecule has 0 bridgehead atoms. The van der Waals surface area contributed by atoms with Crippen molar-refractivity contribution in [1.29, 1.82) is 0 Å². The number of halogens is 2. The molecule has 0 aliphatic rings. The summed E-state index contributed by atoms with van der Waals surface area (Å²) in [6.07, 6.45) is 2.49. The quantitative estimate of drug-likeness (QED) is 0.819. The zero-order valence-electron chi connectivity index (χ0n) is 10.9. The van der Waals surface area contributed by atoms with Gasteiger partial charge in [-0.3, -0.25) is 0 Å². The molecule has 5 heteroatoms. The zero-order valence-corrected chi connectivity index (χ0v) is 12.5. The number of aliphatic carboxylic acids is 1. The van der Waals surface area contributed by atoms with Crippen molar-refractivity contribution in [1.82, 2.24) is 0 Å². The molecule has 108 valence electrons. The molecule has 0 amide bonds. The first kappa shape index (κ1) is 15.3. The van der Waals surface area contributed by atoms with E-state index in [1.165, 1.54) is 18.2 Å². The first-order valence-electron chi connectivity index (χ1n) is 6.13. The molecule has 0 spiro atoms. The molecule has 0 radical (unpaired) electrons. The molecule has 0 unspecified atom stereocenters. The maximum atomic E-state index is 13.1. The SMILES string of the molecule is O=C(O)C=Cc1cccc(Br)c1OCc1cccc(F)c1. The Morgan fingerprint density at radius 3 is 2.76 bits per heavy atom. The Hall–Kier alpha value is -2.14. The highest BCUT2D eigenvalue weighted by Crippen LogP contribution is 2.30. The maximum absolute atomic E-state index is 13.1. The van der Waals surface area contributed by atoms with Crippen LogP contribution >= 0.6 is 15.9 Å². The lowest BCUT2D eigenvalue weighted by Crippen LogP contribution is -1.98. The van der Waals surface area contributed by atoms with Crippen LogP contribution in [0.2, 0.25) is 0 Å². The van der Waals surface area contributed by atoms with E-state index in [9.17, 15) is 9.18 Å². The number of carbonyl (C=O) groups is 1. The van der Waals surface area contributed by atoms with Gasteiger partial charge in [0.1, 0.15) is 18.2 Å². The predicted octanol–water partition coefficient (Wildman–Crippen LogP) is 4.27. The lowest BCUT2D eigenvalue weighted by Gasteiger charge is -2.11. The van der Waals surface area contributed by atoms with Crippen LogP contribution in [0.4, 0.5) is 4.39 Å². The molecule has 21 heavy (non-hydrogen) atoms. The van der Waals surface area contributed by atoms with Gasteiger partial charge in [-0.15, -0.1) is 0 Å². The summed E-state index contributed by atoms with van der Waals surface area (Å²) in [5.41, 5.74) is 1.32. The number of rotatable bonds is 5. The smallest absolute Gasteiger partial charge is 0.328 e. The van der Waals surface area contributed by atoms with Gasteiger partial charge >= 0.3 is 5.97 Å². The number of para-hydroxylation sites is 1. The van der Waals surface area contributed by atoms with Gasteiger partial charge in [0.15, 0.2) is 0 Å². The van der Waals surface area contributed by atoms with E-state index in [2.05, 4.69) is 15.9 Å². The Morgan fingerprint density at radius 2 is 2.05 bits per heavy atom. The minimum absolute atomic E-state index is 0.189.